The van der Waals surface area contributed by atoms with Crippen LogP contribution < -0.4 is 10.6 Å². The monoisotopic (exact) mass is 274 g/mol. The lowest BCUT2D eigenvalue weighted by atomic mass is 10.2. The van der Waals surface area contributed by atoms with E-state index in [1.54, 1.807) is 24.3 Å². The van der Waals surface area contributed by atoms with Crippen molar-refractivity contribution in [1.29, 1.82) is 0 Å². The van der Waals surface area contributed by atoms with Gasteiger partial charge < -0.3 is 10.6 Å². The second kappa shape index (κ2) is 7.01. The number of anilines is 1. The van der Waals surface area contributed by atoms with Gasteiger partial charge in [0.2, 0.25) is 0 Å². The van der Waals surface area contributed by atoms with E-state index in [4.69, 9.17) is 0 Å². The normalized spacial score (nSPS) is 11.2. The van der Waals surface area contributed by atoms with Crippen molar-refractivity contribution in [1.82, 2.24) is 5.32 Å². The number of nitrogens with one attached hydrogen (secondary N) is 2. The Labute approximate surface area is 110 Å². The van der Waals surface area contributed by atoms with Crippen LogP contribution >= 0.6 is 0 Å². The van der Waals surface area contributed by atoms with E-state index in [1.165, 1.54) is 0 Å². The second-order valence-corrected chi connectivity index (χ2v) is 4.13. The largest absolute Gasteiger partial charge is 0.390 e. The molecule has 0 heterocycles. The van der Waals surface area contributed by atoms with Crippen molar-refractivity contribution < 1.29 is 18.0 Å². The Morgan fingerprint density at radius 2 is 1.79 bits per heavy atom. The lowest BCUT2D eigenvalue weighted by Gasteiger charge is -2.09. The van der Waals surface area contributed by atoms with E-state index < -0.39 is 25.0 Å². The van der Waals surface area contributed by atoms with Crippen molar-refractivity contribution in [2.45, 2.75) is 25.9 Å². The van der Waals surface area contributed by atoms with Crippen LogP contribution in [0.4, 0.5) is 18.9 Å². The molecule has 0 bridgehead atoms. The summed E-state index contributed by atoms with van der Waals surface area (Å²) in [4.78, 5) is 11.6. The van der Waals surface area contributed by atoms with Crippen molar-refractivity contribution in [3.8, 4) is 0 Å². The topological polar surface area (TPSA) is 41.1 Å². The maximum atomic E-state index is 11.9. The summed E-state index contributed by atoms with van der Waals surface area (Å²) in [5.74, 6) is -0.494. The quantitative estimate of drug-likeness (QED) is 0.836. The molecule has 3 nitrogen and oxygen atoms in total. The minimum absolute atomic E-state index is 0.351. The van der Waals surface area contributed by atoms with Crippen molar-refractivity contribution in [2.24, 2.45) is 0 Å². The van der Waals surface area contributed by atoms with E-state index in [2.05, 4.69) is 10.6 Å². The highest BCUT2D eigenvalue weighted by atomic mass is 19.4. The predicted molar refractivity (Wildman–Crippen MR) is 68.2 cm³/mol. The molecule has 0 saturated heterocycles. The van der Waals surface area contributed by atoms with Crippen molar-refractivity contribution >= 4 is 11.6 Å². The van der Waals surface area contributed by atoms with Gasteiger partial charge in [0, 0.05) is 24.3 Å². The van der Waals surface area contributed by atoms with E-state index in [9.17, 15) is 18.0 Å². The van der Waals surface area contributed by atoms with Crippen LogP contribution in [0.3, 0.4) is 0 Å². The first-order chi connectivity index (χ1) is 8.92. The highest BCUT2D eigenvalue weighted by Gasteiger charge is 2.26. The molecular weight excluding hydrogens is 257 g/mol. The number of benzene rings is 1. The zero-order valence-corrected chi connectivity index (χ0v) is 10.7. The van der Waals surface area contributed by atoms with Crippen LogP contribution in [-0.2, 0) is 0 Å². The summed E-state index contributed by atoms with van der Waals surface area (Å²) in [6, 6.07) is 6.63. The molecule has 0 radical (unpaired) electrons. The fourth-order valence-electron chi connectivity index (χ4n) is 1.43. The van der Waals surface area contributed by atoms with Crippen molar-refractivity contribution in [2.75, 3.05) is 18.4 Å². The Balaban J connectivity index is 2.44. The average molecular weight is 274 g/mol. The third kappa shape index (κ3) is 6.13. The first-order valence-electron chi connectivity index (χ1n) is 6.11. The van der Waals surface area contributed by atoms with Crippen LogP contribution in [0.1, 0.15) is 30.1 Å². The zero-order valence-electron chi connectivity index (χ0n) is 10.7. The second-order valence-electron chi connectivity index (χ2n) is 4.13. The number of hydrogen-bond donors (Lipinski definition) is 2. The van der Waals surface area contributed by atoms with E-state index >= 15 is 0 Å². The van der Waals surface area contributed by atoms with Gasteiger partial charge in [0.15, 0.2) is 0 Å². The Morgan fingerprint density at radius 1 is 1.16 bits per heavy atom. The Bertz CT molecular complexity index is 401. The molecule has 1 aromatic rings. The average Bonchev–Trinajstić information content (AvgIpc) is 2.35. The molecule has 0 aliphatic rings. The predicted octanol–water partition coefficient (Wildman–Crippen LogP) is 3.19. The van der Waals surface area contributed by atoms with Gasteiger partial charge in [-0.3, -0.25) is 4.79 Å². The third-order valence-electron chi connectivity index (χ3n) is 2.42. The molecule has 0 spiro atoms. The standard InChI is InChI=1S/C13H17F3N2O/c1-2-8-17-11-5-3-10(4-6-11)12(19)18-9-7-13(14,15)16/h3-6,17H,2,7-9H2,1H3,(H,18,19). The number of hydrogen-bond acceptors (Lipinski definition) is 2. The van der Waals surface area contributed by atoms with Crippen LogP contribution in [0.5, 0.6) is 0 Å². The van der Waals surface area contributed by atoms with Gasteiger partial charge in [-0.05, 0) is 30.7 Å². The Morgan fingerprint density at radius 3 is 2.32 bits per heavy atom. The summed E-state index contributed by atoms with van der Waals surface area (Å²) in [5.41, 5.74) is 1.23. The van der Waals surface area contributed by atoms with Gasteiger partial charge in [-0.2, -0.15) is 13.2 Å². The summed E-state index contributed by atoms with van der Waals surface area (Å²) in [6.45, 7) is 2.46. The molecule has 0 atom stereocenters. The third-order valence-corrected chi connectivity index (χ3v) is 2.42. The molecule has 0 fully saturated rings. The minimum Gasteiger partial charge on any atom is -0.385 e. The van der Waals surface area contributed by atoms with E-state index in [0.717, 1.165) is 18.7 Å². The van der Waals surface area contributed by atoms with Crippen LogP contribution in [0.15, 0.2) is 24.3 Å². The summed E-state index contributed by atoms with van der Waals surface area (Å²) in [5, 5.41) is 5.38. The maximum Gasteiger partial charge on any atom is 0.390 e. The number of carbonyl (C=O) groups is 1. The molecular formula is C13H17F3N2O. The number of alkyl halides is 3. The van der Waals surface area contributed by atoms with Crippen molar-refractivity contribution in [3.63, 3.8) is 0 Å². The van der Waals surface area contributed by atoms with E-state index in [1.807, 2.05) is 6.92 Å². The van der Waals surface area contributed by atoms with Gasteiger partial charge in [-0.15, -0.1) is 0 Å². The highest BCUT2D eigenvalue weighted by molar-refractivity contribution is 5.94. The van der Waals surface area contributed by atoms with Crippen LogP contribution in [0.2, 0.25) is 0 Å². The summed E-state index contributed by atoms with van der Waals surface area (Å²) >= 11 is 0. The molecule has 19 heavy (non-hydrogen) atoms. The highest BCUT2D eigenvalue weighted by Crippen LogP contribution is 2.18. The molecule has 0 aliphatic heterocycles. The van der Waals surface area contributed by atoms with Gasteiger partial charge in [0.05, 0.1) is 6.42 Å². The van der Waals surface area contributed by atoms with Crippen LogP contribution in [-0.4, -0.2) is 25.2 Å². The van der Waals surface area contributed by atoms with Gasteiger partial charge in [0.1, 0.15) is 0 Å². The molecule has 1 aromatic carbocycles. The molecule has 106 valence electrons. The fraction of sp³-hybridized carbons (Fsp3) is 0.462. The fourth-order valence-corrected chi connectivity index (χ4v) is 1.43. The van der Waals surface area contributed by atoms with Crippen LogP contribution in [0.25, 0.3) is 0 Å². The molecule has 6 heteroatoms. The molecule has 1 amide bonds. The molecule has 0 saturated carbocycles. The summed E-state index contributed by atoms with van der Waals surface area (Å²) < 4.78 is 35.8. The van der Waals surface area contributed by atoms with E-state index in [-0.39, 0.29) is 0 Å². The van der Waals surface area contributed by atoms with E-state index in [0.29, 0.717) is 5.56 Å². The Hall–Kier alpha value is -1.72. The van der Waals surface area contributed by atoms with Gasteiger partial charge >= 0.3 is 6.18 Å². The van der Waals surface area contributed by atoms with Crippen molar-refractivity contribution in [3.05, 3.63) is 29.8 Å². The number of amides is 1. The minimum atomic E-state index is -4.25. The smallest absolute Gasteiger partial charge is 0.385 e. The maximum absolute atomic E-state index is 11.9. The molecule has 1 rings (SSSR count). The number of carbonyl (C=O) groups excluding carboxylic acids is 1. The first kappa shape index (κ1) is 15.3. The van der Waals surface area contributed by atoms with Gasteiger partial charge in [-0.25, -0.2) is 0 Å². The molecule has 0 aromatic heterocycles. The first-order valence-corrected chi connectivity index (χ1v) is 6.11. The number of halogens is 3. The molecule has 2 N–H and O–H groups in total. The van der Waals surface area contributed by atoms with Gasteiger partial charge in [-0.1, -0.05) is 6.92 Å². The Kier molecular flexibility index (Phi) is 5.66. The molecule has 0 unspecified atom stereocenters. The SMILES string of the molecule is CCCNc1ccc(C(=O)NCCC(F)(F)F)cc1. The lowest BCUT2D eigenvalue weighted by Crippen LogP contribution is -2.27. The number of rotatable bonds is 6. The summed E-state index contributed by atoms with van der Waals surface area (Å²) in [7, 11) is 0. The van der Waals surface area contributed by atoms with Crippen LogP contribution in [0, 0.1) is 0 Å². The molecule has 0 aliphatic carbocycles. The lowest BCUT2D eigenvalue weighted by molar-refractivity contribution is -0.132. The van der Waals surface area contributed by atoms with Gasteiger partial charge in [0.25, 0.3) is 5.91 Å². The summed E-state index contributed by atoms with van der Waals surface area (Å²) in [6.07, 6.45) is -4.28. The zero-order chi connectivity index (χ0) is 14.3.